The highest BCUT2D eigenvalue weighted by atomic mass is 35.5. The molecule has 2 N–H and O–H groups in total. The maximum Gasteiger partial charge on any atom is 0.257 e. The molecule has 3 aromatic carbocycles. The van der Waals surface area contributed by atoms with Crippen molar-refractivity contribution in [2.24, 2.45) is 5.92 Å². The zero-order chi connectivity index (χ0) is 25.7. The van der Waals surface area contributed by atoms with E-state index in [-0.39, 0.29) is 10.6 Å². The maximum atomic E-state index is 13.6. The van der Waals surface area contributed by atoms with Crippen molar-refractivity contribution in [2.45, 2.75) is 24.1 Å². The molecule has 0 bridgehead atoms. The fourth-order valence-corrected chi connectivity index (χ4v) is 5.68. The van der Waals surface area contributed by atoms with E-state index in [4.69, 9.17) is 58.0 Å². The Labute approximate surface area is 226 Å². The fraction of sp³-hybridized carbons (Fsp3) is 0.200. The van der Waals surface area contributed by atoms with Gasteiger partial charge in [-0.2, -0.15) is 0 Å². The quantitative estimate of drug-likeness (QED) is 0.302. The number of anilines is 2. The first-order chi connectivity index (χ1) is 16.4. The Morgan fingerprint density at radius 3 is 2.09 bits per heavy atom. The largest absolute Gasteiger partial charge is 0.326 e. The predicted molar refractivity (Wildman–Crippen MR) is 141 cm³/mol. The zero-order valence-electron chi connectivity index (χ0n) is 18.4. The van der Waals surface area contributed by atoms with Gasteiger partial charge in [-0.3, -0.25) is 9.59 Å². The average molecular weight is 575 g/mol. The van der Waals surface area contributed by atoms with Crippen molar-refractivity contribution in [3.05, 3.63) is 91.7 Å². The number of alkyl halides is 2. The second-order valence-electron chi connectivity index (χ2n) is 8.39. The fourth-order valence-electron chi connectivity index (χ4n) is 4.11. The summed E-state index contributed by atoms with van der Waals surface area (Å²) in [7, 11) is 0. The standard InChI is InChI=1S/C25H18Cl5FN2O2/c1-11-5-16(31)6-12(2)22(11)33-23(34)18-10-17(3-4-19(18)28)32-24(35)21-20(25(21,29)30)13-7-14(26)9-15(27)8-13/h3-10,20-21H,1-2H3,(H,32,35)(H,33,34)/t20-,21+/m1/s1. The molecule has 4 rings (SSSR count). The van der Waals surface area contributed by atoms with Crippen LogP contribution in [0.4, 0.5) is 15.8 Å². The van der Waals surface area contributed by atoms with E-state index in [9.17, 15) is 14.0 Å². The van der Waals surface area contributed by atoms with Crippen LogP contribution in [0, 0.1) is 25.6 Å². The van der Waals surface area contributed by atoms with Crippen LogP contribution in [0.2, 0.25) is 15.1 Å². The molecule has 1 aliphatic rings. The van der Waals surface area contributed by atoms with Gasteiger partial charge in [-0.05, 0) is 79.1 Å². The topological polar surface area (TPSA) is 58.2 Å². The van der Waals surface area contributed by atoms with Crippen LogP contribution in [-0.4, -0.2) is 16.1 Å². The van der Waals surface area contributed by atoms with Crippen molar-refractivity contribution in [2.75, 3.05) is 10.6 Å². The summed E-state index contributed by atoms with van der Waals surface area (Å²) in [6.45, 7) is 3.38. The summed E-state index contributed by atoms with van der Waals surface area (Å²) in [6, 6.07) is 12.0. The summed E-state index contributed by atoms with van der Waals surface area (Å²) >= 11 is 31.2. The number of hydrogen-bond donors (Lipinski definition) is 2. The molecule has 0 saturated heterocycles. The van der Waals surface area contributed by atoms with E-state index in [0.29, 0.717) is 38.1 Å². The highest BCUT2D eigenvalue weighted by molar-refractivity contribution is 6.53. The van der Waals surface area contributed by atoms with Crippen molar-refractivity contribution >= 4 is 81.2 Å². The molecule has 0 radical (unpaired) electrons. The van der Waals surface area contributed by atoms with Crippen LogP contribution in [0.25, 0.3) is 0 Å². The number of aryl methyl sites for hydroxylation is 2. The Morgan fingerprint density at radius 1 is 0.886 bits per heavy atom. The second-order valence-corrected chi connectivity index (χ2v) is 11.1. The molecule has 182 valence electrons. The molecule has 1 fully saturated rings. The van der Waals surface area contributed by atoms with Crippen LogP contribution in [0.3, 0.4) is 0 Å². The van der Waals surface area contributed by atoms with E-state index in [1.54, 1.807) is 38.1 Å². The Morgan fingerprint density at radius 2 is 1.49 bits per heavy atom. The molecule has 35 heavy (non-hydrogen) atoms. The Hall–Kier alpha value is -2.02. The van der Waals surface area contributed by atoms with Gasteiger partial charge in [0.25, 0.3) is 5.91 Å². The first kappa shape index (κ1) is 26.1. The molecule has 4 nitrogen and oxygen atoms in total. The third kappa shape index (κ3) is 5.40. The number of rotatable bonds is 5. The third-order valence-corrected chi connectivity index (χ3v) is 7.50. The number of amides is 2. The predicted octanol–water partition coefficient (Wildman–Crippen LogP) is 8.18. The highest BCUT2D eigenvalue weighted by Gasteiger charge is 2.67. The molecular formula is C25H18Cl5FN2O2. The Balaban J connectivity index is 1.53. The van der Waals surface area contributed by atoms with Crippen molar-refractivity contribution in [1.29, 1.82) is 0 Å². The lowest BCUT2D eigenvalue weighted by Crippen LogP contribution is -2.18. The normalized spacial score (nSPS) is 18.2. The van der Waals surface area contributed by atoms with E-state index in [0.717, 1.165) is 0 Å². The summed E-state index contributed by atoms with van der Waals surface area (Å²) in [6.07, 6.45) is 0. The molecule has 0 heterocycles. The third-order valence-electron chi connectivity index (χ3n) is 5.79. The minimum atomic E-state index is -1.34. The van der Waals surface area contributed by atoms with Crippen molar-refractivity contribution < 1.29 is 14.0 Å². The average Bonchev–Trinajstić information content (AvgIpc) is 3.33. The zero-order valence-corrected chi connectivity index (χ0v) is 22.1. The van der Waals surface area contributed by atoms with Gasteiger partial charge in [0, 0.05) is 27.3 Å². The van der Waals surface area contributed by atoms with E-state index >= 15 is 0 Å². The first-order valence-electron chi connectivity index (χ1n) is 10.4. The van der Waals surface area contributed by atoms with Gasteiger partial charge in [-0.25, -0.2) is 4.39 Å². The number of carbonyl (C=O) groups is 2. The number of halogens is 6. The van der Waals surface area contributed by atoms with Gasteiger partial charge >= 0.3 is 0 Å². The van der Waals surface area contributed by atoms with Crippen LogP contribution >= 0.6 is 58.0 Å². The van der Waals surface area contributed by atoms with E-state index < -0.39 is 33.8 Å². The van der Waals surface area contributed by atoms with Crippen LogP contribution < -0.4 is 10.6 Å². The summed E-state index contributed by atoms with van der Waals surface area (Å²) in [5.41, 5.74) is 2.72. The van der Waals surface area contributed by atoms with E-state index in [2.05, 4.69) is 10.6 Å². The smallest absolute Gasteiger partial charge is 0.257 e. The molecule has 0 aromatic heterocycles. The monoisotopic (exact) mass is 572 g/mol. The van der Waals surface area contributed by atoms with Gasteiger partial charge in [-0.1, -0.05) is 34.8 Å². The lowest BCUT2D eigenvalue weighted by molar-refractivity contribution is -0.117. The minimum Gasteiger partial charge on any atom is -0.326 e. The van der Waals surface area contributed by atoms with E-state index in [1.165, 1.54) is 24.3 Å². The van der Waals surface area contributed by atoms with Gasteiger partial charge < -0.3 is 10.6 Å². The number of nitrogens with one attached hydrogen (secondary N) is 2. The first-order valence-corrected chi connectivity index (χ1v) is 12.3. The molecule has 1 aliphatic carbocycles. The van der Waals surface area contributed by atoms with Crippen LogP contribution in [0.15, 0.2) is 48.5 Å². The van der Waals surface area contributed by atoms with Gasteiger partial charge in [-0.15, -0.1) is 23.2 Å². The SMILES string of the molecule is Cc1cc(F)cc(C)c1NC(=O)c1cc(NC(=O)[C@@H]2[C@@H](c3cc(Cl)cc(Cl)c3)C2(Cl)Cl)ccc1Cl. The van der Waals surface area contributed by atoms with Crippen LogP contribution in [0.5, 0.6) is 0 Å². The lowest BCUT2D eigenvalue weighted by Gasteiger charge is -2.14. The second kappa shape index (κ2) is 9.79. The number of benzene rings is 3. The van der Waals surface area contributed by atoms with Gasteiger partial charge in [0.15, 0.2) is 0 Å². The molecule has 3 aromatic rings. The van der Waals surface area contributed by atoms with Crippen molar-refractivity contribution in [3.8, 4) is 0 Å². The molecule has 2 atom stereocenters. The Bertz CT molecular complexity index is 1320. The van der Waals surface area contributed by atoms with Gasteiger partial charge in [0.1, 0.15) is 10.2 Å². The molecule has 0 unspecified atom stereocenters. The summed E-state index contributed by atoms with van der Waals surface area (Å²) in [5.74, 6) is -2.62. The minimum absolute atomic E-state index is 0.129. The van der Waals surface area contributed by atoms with Gasteiger partial charge in [0.05, 0.1) is 16.5 Å². The summed E-state index contributed by atoms with van der Waals surface area (Å²) in [4.78, 5) is 26.0. The molecule has 2 amide bonds. The van der Waals surface area contributed by atoms with Crippen LogP contribution in [0.1, 0.15) is 33.0 Å². The summed E-state index contributed by atoms with van der Waals surface area (Å²) in [5, 5.41) is 6.49. The van der Waals surface area contributed by atoms with Crippen molar-refractivity contribution in [1.82, 2.24) is 0 Å². The molecule has 1 saturated carbocycles. The number of carbonyl (C=O) groups excluding carboxylic acids is 2. The highest BCUT2D eigenvalue weighted by Crippen LogP contribution is 2.65. The van der Waals surface area contributed by atoms with Gasteiger partial charge in [0.2, 0.25) is 5.91 Å². The van der Waals surface area contributed by atoms with Crippen LogP contribution in [-0.2, 0) is 4.79 Å². The Kier molecular flexibility index (Phi) is 7.29. The molecule has 0 spiro atoms. The molecule has 10 heteroatoms. The number of hydrogen-bond acceptors (Lipinski definition) is 2. The summed E-state index contributed by atoms with van der Waals surface area (Å²) < 4.78 is 12.3. The molecule has 0 aliphatic heterocycles. The van der Waals surface area contributed by atoms with E-state index in [1.807, 2.05) is 0 Å². The lowest BCUT2D eigenvalue weighted by atomic mass is 10.1. The molecular weight excluding hydrogens is 557 g/mol. The maximum absolute atomic E-state index is 13.6. The van der Waals surface area contributed by atoms with Crippen molar-refractivity contribution in [3.63, 3.8) is 0 Å².